The van der Waals surface area contributed by atoms with Gasteiger partial charge in [0.1, 0.15) is 5.82 Å². The Kier molecular flexibility index (Phi) is 5.68. The molecular weight excluding hydrogens is 337 g/mol. The number of thiophene rings is 1. The Morgan fingerprint density at radius 3 is 2.48 bits per heavy atom. The van der Waals surface area contributed by atoms with Crippen LogP contribution in [0.2, 0.25) is 0 Å². The van der Waals surface area contributed by atoms with Crippen molar-refractivity contribution in [3.8, 4) is 21.9 Å². The zero-order chi connectivity index (χ0) is 17.6. The smallest absolute Gasteiger partial charge is 0.161 e. The molecule has 130 valence electrons. The Balaban J connectivity index is 1.61. The van der Waals surface area contributed by atoms with Gasteiger partial charge in [-0.15, -0.1) is 11.3 Å². The third kappa shape index (κ3) is 4.18. The summed E-state index contributed by atoms with van der Waals surface area (Å²) in [5.74, 6) is 1.26. The van der Waals surface area contributed by atoms with E-state index in [4.69, 9.17) is 9.47 Å². The van der Waals surface area contributed by atoms with Crippen molar-refractivity contribution in [2.45, 2.75) is 13.1 Å². The minimum absolute atomic E-state index is 0.186. The van der Waals surface area contributed by atoms with Gasteiger partial charge < -0.3 is 14.8 Å². The predicted octanol–water partition coefficient (Wildman–Crippen LogP) is 4.86. The topological polar surface area (TPSA) is 30.5 Å². The lowest BCUT2D eigenvalue weighted by atomic mass is 10.2. The van der Waals surface area contributed by atoms with Gasteiger partial charge in [-0.1, -0.05) is 24.3 Å². The Labute approximate surface area is 151 Å². The standard InChI is InChI=1S/C20H20FNO2S/c1-23-18-9-7-14(11-19(18)24-2)12-22-13-15-8-10-20(25-15)16-5-3-4-6-17(16)21/h3-11,22H,12-13H2,1-2H3. The number of methoxy groups -OCH3 is 2. The Morgan fingerprint density at radius 2 is 1.72 bits per heavy atom. The summed E-state index contributed by atoms with van der Waals surface area (Å²) in [5, 5.41) is 3.41. The number of halogens is 1. The summed E-state index contributed by atoms with van der Waals surface area (Å²) in [6, 6.07) is 16.7. The van der Waals surface area contributed by atoms with Crippen LogP contribution in [0.3, 0.4) is 0 Å². The zero-order valence-electron chi connectivity index (χ0n) is 14.2. The monoisotopic (exact) mass is 357 g/mol. The van der Waals surface area contributed by atoms with Gasteiger partial charge >= 0.3 is 0 Å². The van der Waals surface area contributed by atoms with Crippen molar-refractivity contribution < 1.29 is 13.9 Å². The van der Waals surface area contributed by atoms with Crippen LogP contribution in [0.5, 0.6) is 11.5 Å². The van der Waals surface area contributed by atoms with Crippen LogP contribution in [-0.4, -0.2) is 14.2 Å². The summed E-state index contributed by atoms with van der Waals surface area (Å²) in [7, 11) is 3.25. The lowest BCUT2D eigenvalue weighted by molar-refractivity contribution is 0.354. The normalized spacial score (nSPS) is 10.7. The molecule has 0 unspecified atom stereocenters. The minimum atomic E-state index is -0.186. The third-order valence-corrected chi connectivity index (χ3v) is 5.00. The summed E-state index contributed by atoms with van der Waals surface area (Å²) in [6.45, 7) is 1.45. The lowest BCUT2D eigenvalue weighted by Crippen LogP contribution is -2.11. The molecule has 5 heteroatoms. The van der Waals surface area contributed by atoms with Gasteiger partial charge in [0.15, 0.2) is 11.5 Å². The quantitative estimate of drug-likeness (QED) is 0.655. The second-order valence-electron chi connectivity index (χ2n) is 5.54. The van der Waals surface area contributed by atoms with Crippen LogP contribution in [0.25, 0.3) is 10.4 Å². The molecule has 0 fully saturated rings. The highest BCUT2D eigenvalue weighted by atomic mass is 32.1. The molecule has 0 aliphatic rings. The van der Waals surface area contributed by atoms with E-state index in [1.807, 2.05) is 42.5 Å². The largest absolute Gasteiger partial charge is 0.493 e. The van der Waals surface area contributed by atoms with Gasteiger partial charge in [0.05, 0.1) is 14.2 Å². The maximum absolute atomic E-state index is 13.9. The molecule has 0 saturated carbocycles. The molecule has 3 rings (SSSR count). The van der Waals surface area contributed by atoms with Crippen LogP contribution in [0.1, 0.15) is 10.4 Å². The predicted molar refractivity (Wildman–Crippen MR) is 99.8 cm³/mol. The number of hydrogen-bond donors (Lipinski definition) is 1. The van der Waals surface area contributed by atoms with Gasteiger partial charge in [0, 0.05) is 28.4 Å². The summed E-state index contributed by atoms with van der Waals surface area (Å²) in [6.07, 6.45) is 0. The van der Waals surface area contributed by atoms with E-state index in [1.54, 1.807) is 31.6 Å². The van der Waals surface area contributed by atoms with Crippen LogP contribution in [-0.2, 0) is 13.1 Å². The van der Waals surface area contributed by atoms with Crippen molar-refractivity contribution in [1.82, 2.24) is 5.32 Å². The van der Waals surface area contributed by atoms with Crippen LogP contribution in [0.15, 0.2) is 54.6 Å². The molecule has 0 amide bonds. The van der Waals surface area contributed by atoms with E-state index in [9.17, 15) is 4.39 Å². The molecule has 0 aliphatic heterocycles. The minimum Gasteiger partial charge on any atom is -0.493 e. The highest BCUT2D eigenvalue weighted by Crippen LogP contribution is 2.30. The maximum Gasteiger partial charge on any atom is 0.161 e. The molecule has 1 aromatic heterocycles. The number of nitrogens with one attached hydrogen (secondary N) is 1. The average molecular weight is 357 g/mol. The highest BCUT2D eigenvalue weighted by Gasteiger charge is 2.08. The first-order valence-corrected chi connectivity index (χ1v) is 8.78. The molecule has 0 atom stereocenters. The van der Waals surface area contributed by atoms with Crippen molar-refractivity contribution in [1.29, 1.82) is 0 Å². The van der Waals surface area contributed by atoms with Crippen molar-refractivity contribution in [3.63, 3.8) is 0 Å². The Morgan fingerprint density at radius 1 is 0.920 bits per heavy atom. The summed E-state index contributed by atoms with van der Waals surface area (Å²) in [5.41, 5.74) is 1.77. The van der Waals surface area contributed by atoms with E-state index in [2.05, 4.69) is 5.32 Å². The molecule has 3 nitrogen and oxygen atoms in total. The first-order valence-electron chi connectivity index (χ1n) is 7.96. The fourth-order valence-corrected chi connectivity index (χ4v) is 3.60. The Bertz CT molecular complexity index is 847. The third-order valence-electron chi connectivity index (χ3n) is 3.88. The van der Waals surface area contributed by atoms with Crippen LogP contribution >= 0.6 is 11.3 Å². The molecule has 2 aromatic carbocycles. The fraction of sp³-hybridized carbons (Fsp3) is 0.200. The number of benzene rings is 2. The van der Waals surface area contributed by atoms with Crippen LogP contribution in [0, 0.1) is 5.82 Å². The average Bonchev–Trinajstić information content (AvgIpc) is 3.10. The zero-order valence-corrected chi connectivity index (χ0v) is 15.0. The van der Waals surface area contributed by atoms with E-state index in [-0.39, 0.29) is 5.82 Å². The van der Waals surface area contributed by atoms with E-state index in [0.29, 0.717) is 12.1 Å². The molecule has 0 aliphatic carbocycles. The van der Waals surface area contributed by atoms with Gasteiger partial charge in [-0.25, -0.2) is 4.39 Å². The molecule has 0 saturated heterocycles. The van der Waals surface area contributed by atoms with Gasteiger partial charge in [-0.3, -0.25) is 0 Å². The molecule has 1 N–H and O–H groups in total. The summed E-state index contributed by atoms with van der Waals surface area (Å²) in [4.78, 5) is 2.11. The second kappa shape index (κ2) is 8.14. The van der Waals surface area contributed by atoms with Gasteiger partial charge in [-0.2, -0.15) is 0 Å². The summed E-state index contributed by atoms with van der Waals surface area (Å²) >= 11 is 1.60. The van der Waals surface area contributed by atoms with E-state index >= 15 is 0 Å². The number of hydrogen-bond acceptors (Lipinski definition) is 4. The second-order valence-corrected chi connectivity index (χ2v) is 6.71. The van der Waals surface area contributed by atoms with Crippen molar-refractivity contribution in [2.24, 2.45) is 0 Å². The molecule has 1 heterocycles. The van der Waals surface area contributed by atoms with Crippen molar-refractivity contribution in [3.05, 3.63) is 70.9 Å². The van der Waals surface area contributed by atoms with Gasteiger partial charge in [0.25, 0.3) is 0 Å². The first kappa shape index (κ1) is 17.5. The molecule has 3 aromatic rings. The van der Waals surface area contributed by atoms with E-state index < -0.39 is 0 Å². The Hall–Kier alpha value is -2.37. The fourth-order valence-electron chi connectivity index (χ4n) is 2.60. The molecule has 0 spiro atoms. The SMILES string of the molecule is COc1ccc(CNCc2ccc(-c3ccccc3F)s2)cc1OC. The molecule has 25 heavy (non-hydrogen) atoms. The number of rotatable bonds is 7. The van der Waals surface area contributed by atoms with Crippen LogP contribution < -0.4 is 14.8 Å². The van der Waals surface area contributed by atoms with E-state index in [0.717, 1.165) is 28.5 Å². The molecule has 0 bridgehead atoms. The number of ether oxygens (including phenoxy) is 2. The van der Waals surface area contributed by atoms with Crippen molar-refractivity contribution in [2.75, 3.05) is 14.2 Å². The maximum atomic E-state index is 13.9. The lowest BCUT2D eigenvalue weighted by Gasteiger charge is -2.10. The van der Waals surface area contributed by atoms with Crippen LogP contribution in [0.4, 0.5) is 4.39 Å². The van der Waals surface area contributed by atoms with Crippen molar-refractivity contribution >= 4 is 11.3 Å². The molecule has 0 radical (unpaired) electrons. The highest BCUT2D eigenvalue weighted by molar-refractivity contribution is 7.15. The summed E-state index contributed by atoms with van der Waals surface area (Å²) < 4.78 is 24.4. The molecular formula is C20H20FNO2S. The van der Waals surface area contributed by atoms with Gasteiger partial charge in [0.2, 0.25) is 0 Å². The van der Waals surface area contributed by atoms with Gasteiger partial charge in [-0.05, 0) is 35.9 Å². The first-order chi connectivity index (χ1) is 12.2. The van der Waals surface area contributed by atoms with E-state index in [1.165, 1.54) is 10.9 Å².